The predicted octanol–water partition coefficient (Wildman–Crippen LogP) is 2.54. The molecule has 2 N–H and O–H groups in total. The maximum Gasteiger partial charge on any atom is 0.225 e. The van der Waals surface area contributed by atoms with E-state index in [-0.39, 0.29) is 24.4 Å². The van der Waals surface area contributed by atoms with Crippen molar-refractivity contribution in [2.75, 3.05) is 31.1 Å². The van der Waals surface area contributed by atoms with Crippen molar-refractivity contribution in [2.24, 2.45) is 11.7 Å². The summed E-state index contributed by atoms with van der Waals surface area (Å²) in [5, 5.41) is 0.756. The first-order valence-corrected chi connectivity index (χ1v) is 8.06. The molecule has 1 aliphatic heterocycles. The molecule has 3 rings (SSSR count). The second-order valence-electron chi connectivity index (χ2n) is 6.06. The van der Waals surface area contributed by atoms with Gasteiger partial charge < -0.3 is 15.5 Å². The van der Waals surface area contributed by atoms with Gasteiger partial charge in [-0.1, -0.05) is 17.7 Å². The fourth-order valence-electron chi connectivity index (χ4n) is 3.36. The van der Waals surface area contributed by atoms with Gasteiger partial charge in [0.1, 0.15) is 0 Å². The predicted molar refractivity (Wildman–Crippen MR) is 92.8 cm³/mol. The third kappa shape index (κ3) is 3.86. The fraction of sp³-hybridized carbons (Fsp3) is 0.562. The van der Waals surface area contributed by atoms with E-state index >= 15 is 0 Å². The highest BCUT2D eigenvalue weighted by atomic mass is 35.5. The molecule has 1 saturated carbocycles. The molecule has 0 bridgehead atoms. The Morgan fingerprint density at radius 3 is 2.50 bits per heavy atom. The lowest BCUT2D eigenvalue weighted by Crippen LogP contribution is -2.50. The molecule has 2 unspecified atom stereocenters. The van der Waals surface area contributed by atoms with Gasteiger partial charge in [-0.05, 0) is 37.5 Å². The van der Waals surface area contributed by atoms with Crippen molar-refractivity contribution >= 4 is 35.6 Å². The smallest absolute Gasteiger partial charge is 0.225 e. The van der Waals surface area contributed by atoms with E-state index in [2.05, 4.69) is 11.0 Å². The number of nitrogens with zero attached hydrogens (tertiary/aromatic N) is 2. The number of carbonyl (C=O) groups excluding carboxylic acids is 1. The first-order chi connectivity index (χ1) is 10.1. The third-order valence-electron chi connectivity index (χ3n) is 4.59. The Kier molecular flexibility index (Phi) is 5.95. The van der Waals surface area contributed by atoms with Gasteiger partial charge in [-0.2, -0.15) is 0 Å². The molecule has 2 atom stereocenters. The number of piperazine rings is 1. The van der Waals surface area contributed by atoms with Crippen LogP contribution in [0.2, 0.25) is 5.02 Å². The molecule has 6 heteroatoms. The third-order valence-corrected chi connectivity index (χ3v) is 4.82. The Hall–Kier alpha value is -0.970. The summed E-state index contributed by atoms with van der Waals surface area (Å²) in [7, 11) is 0. The van der Waals surface area contributed by atoms with Crippen LogP contribution in [0.3, 0.4) is 0 Å². The molecule has 1 heterocycles. The lowest BCUT2D eigenvalue weighted by Gasteiger charge is -2.37. The average molecular weight is 344 g/mol. The van der Waals surface area contributed by atoms with E-state index in [0.717, 1.165) is 56.2 Å². The Morgan fingerprint density at radius 1 is 1.18 bits per heavy atom. The SMILES string of the molecule is Cl.NC1CCC(C(=O)N2CCN(c3cccc(Cl)c3)CC2)C1. The molecular formula is C16H23Cl2N3O. The van der Waals surface area contributed by atoms with Gasteiger partial charge in [-0.15, -0.1) is 12.4 Å². The molecule has 122 valence electrons. The Morgan fingerprint density at radius 2 is 1.91 bits per heavy atom. The summed E-state index contributed by atoms with van der Waals surface area (Å²) in [5.74, 6) is 0.450. The van der Waals surface area contributed by atoms with Crippen molar-refractivity contribution in [2.45, 2.75) is 25.3 Å². The molecular weight excluding hydrogens is 321 g/mol. The second-order valence-corrected chi connectivity index (χ2v) is 6.50. The van der Waals surface area contributed by atoms with Crippen LogP contribution in [0.1, 0.15) is 19.3 Å². The van der Waals surface area contributed by atoms with Crippen molar-refractivity contribution in [3.8, 4) is 0 Å². The van der Waals surface area contributed by atoms with E-state index in [4.69, 9.17) is 17.3 Å². The lowest BCUT2D eigenvalue weighted by atomic mass is 10.1. The standard InChI is InChI=1S/C16H22ClN3O.ClH/c17-13-2-1-3-15(11-13)19-6-8-20(9-7-19)16(21)12-4-5-14(18)10-12;/h1-3,11-12,14H,4-10,18H2;1H. The van der Waals surface area contributed by atoms with Crippen LogP contribution in [0.15, 0.2) is 24.3 Å². The van der Waals surface area contributed by atoms with Gasteiger partial charge in [-0.3, -0.25) is 4.79 Å². The zero-order valence-electron chi connectivity index (χ0n) is 12.6. The summed E-state index contributed by atoms with van der Waals surface area (Å²) < 4.78 is 0. The number of carbonyl (C=O) groups is 1. The molecule has 1 aliphatic carbocycles. The number of rotatable bonds is 2. The minimum absolute atomic E-state index is 0. The fourth-order valence-corrected chi connectivity index (χ4v) is 3.54. The molecule has 2 aliphatic rings. The van der Waals surface area contributed by atoms with Crippen molar-refractivity contribution < 1.29 is 4.79 Å². The van der Waals surface area contributed by atoms with Crippen molar-refractivity contribution in [1.82, 2.24) is 4.90 Å². The lowest BCUT2D eigenvalue weighted by molar-refractivity contribution is -0.135. The van der Waals surface area contributed by atoms with Gasteiger partial charge in [0, 0.05) is 48.8 Å². The Balaban J connectivity index is 0.00000176. The zero-order valence-corrected chi connectivity index (χ0v) is 14.2. The summed E-state index contributed by atoms with van der Waals surface area (Å²) in [5.41, 5.74) is 7.05. The van der Waals surface area contributed by atoms with Gasteiger partial charge in [0.05, 0.1) is 0 Å². The molecule has 1 amide bonds. The van der Waals surface area contributed by atoms with Crippen LogP contribution < -0.4 is 10.6 Å². The number of hydrogen-bond donors (Lipinski definition) is 1. The van der Waals surface area contributed by atoms with Crippen molar-refractivity contribution in [3.63, 3.8) is 0 Å². The van der Waals surface area contributed by atoms with Crippen LogP contribution in [-0.2, 0) is 4.79 Å². The van der Waals surface area contributed by atoms with Gasteiger partial charge in [0.25, 0.3) is 0 Å². The molecule has 1 saturated heterocycles. The molecule has 0 aromatic heterocycles. The monoisotopic (exact) mass is 343 g/mol. The zero-order chi connectivity index (χ0) is 14.8. The van der Waals surface area contributed by atoms with Crippen LogP contribution in [0.25, 0.3) is 0 Å². The summed E-state index contributed by atoms with van der Waals surface area (Å²) >= 11 is 6.04. The number of amides is 1. The molecule has 0 radical (unpaired) electrons. The van der Waals surface area contributed by atoms with E-state index in [0.29, 0.717) is 5.91 Å². The number of anilines is 1. The minimum atomic E-state index is 0. The van der Waals surface area contributed by atoms with E-state index < -0.39 is 0 Å². The van der Waals surface area contributed by atoms with Crippen molar-refractivity contribution in [1.29, 1.82) is 0 Å². The highest BCUT2D eigenvalue weighted by molar-refractivity contribution is 6.30. The van der Waals surface area contributed by atoms with Crippen molar-refractivity contribution in [3.05, 3.63) is 29.3 Å². The number of hydrogen-bond acceptors (Lipinski definition) is 3. The molecule has 4 nitrogen and oxygen atoms in total. The summed E-state index contributed by atoms with van der Waals surface area (Å²) in [6, 6.07) is 8.11. The molecule has 0 spiro atoms. The molecule has 1 aromatic carbocycles. The van der Waals surface area contributed by atoms with Gasteiger partial charge in [-0.25, -0.2) is 0 Å². The quantitative estimate of drug-likeness (QED) is 0.897. The van der Waals surface area contributed by atoms with E-state index in [1.165, 1.54) is 0 Å². The first-order valence-electron chi connectivity index (χ1n) is 7.68. The van der Waals surface area contributed by atoms with E-state index in [1.54, 1.807) is 0 Å². The maximum absolute atomic E-state index is 12.5. The van der Waals surface area contributed by atoms with Gasteiger partial charge in [0.15, 0.2) is 0 Å². The highest BCUT2D eigenvalue weighted by Crippen LogP contribution is 2.27. The van der Waals surface area contributed by atoms with Crippen LogP contribution >= 0.6 is 24.0 Å². The van der Waals surface area contributed by atoms with Gasteiger partial charge >= 0.3 is 0 Å². The Bertz CT molecular complexity index is 518. The first kappa shape index (κ1) is 17.4. The Labute approximate surface area is 143 Å². The van der Waals surface area contributed by atoms with E-state index in [9.17, 15) is 4.79 Å². The molecule has 22 heavy (non-hydrogen) atoms. The normalized spacial score (nSPS) is 25.0. The van der Waals surface area contributed by atoms with Crippen LogP contribution in [0, 0.1) is 5.92 Å². The minimum Gasteiger partial charge on any atom is -0.368 e. The van der Waals surface area contributed by atoms with Gasteiger partial charge in [0.2, 0.25) is 5.91 Å². The van der Waals surface area contributed by atoms with Crippen LogP contribution in [-0.4, -0.2) is 43.0 Å². The van der Waals surface area contributed by atoms with Crippen LogP contribution in [0.4, 0.5) is 5.69 Å². The molecule has 1 aromatic rings. The summed E-state index contributed by atoms with van der Waals surface area (Å²) in [6.07, 6.45) is 2.79. The molecule has 2 fully saturated rings. The highest BCUT2D eigenvalue weighted by Gasteiger charge is 2.32. The summed E-state index contributed by atoms with van der Waals surface area (Å²) in [6.45, 7) is 3.31. The number of nitrogens with two attached hydrogens (primary N) is 1. The number of halogens is 2. The topological polar surface area (TPSA) is 49.6 Å². The second kappa shape index (κ2) is 7.53. The number of benzene rings is 1. The van der Waals surface area contributed by atoms with Crippen LogP contribution in [0.5, 0.6) is 0 Å². The average Bonchev–Trinajstić information content (AvgIpc) is 2.93. The maximum atomic E-state index is 12.5. The largest absolute Gasteiger partial charge is 0.368 e. The summed E-state index contributed by atoms with van der Waals surface area (Å²) in [4.78, 5) is 16.8. The van der Waals surface area contributed by atoms with E-state index in [1.807, 2.05) is 23.1 Å².